The molecule has 1 atom stereocenters. The van der Waals surface area contributed by atoms with Crippen molar-refractivity contribution in [2.45, 2.75) is 25.9 Å². The van der Waals surface area contributed by atoms with Crippen molar-refractivity contribution in [3.8, 4) is 11.5 Å². The summed E-state index contributed by atoms with van der Waals surface area (Å²) >= 11 is 0. The van der Waals surface area contributed by atoms with Crippen LogP contribution in [0.25, 0.3) is 0 Å². The second-order valence-electron chi connectivity index (χ2n) is 6.76. The number of ether oxygens (including phenoxy) is 2. The van der Waals surface area contributed by atoms with Crippen LogP contribution >= 0.6 is 0 Å². The van der Waals surface area contributed by atoms with Gasteiger partial charge >= 0.3 is 0 Å². The Balaban J connectivity index is 1.53. The number of anilines is 1. The highest BCUT2D eigenvalue weighted by molar-refractivity contribution is 5.80. The van der Waals surface area contributed by atoms with Crippen molar-refractivity contribution in [2.75, 3.05) is 38.8 Å². The number of guanidine groups is 1. The van der Waals surface area contributed by atoms with Gasteiger partial charge < -0.3 is 25.0 Å². The van der Waals surface area contributed by atoms with Crippen LogP contribution < -0.4 is 25.0 Å². The largest absolute Gasteiger partial charge is 0.493 e. The first-order chi connectivity index (χ1) is 13.7. The van der Waals surface area contributed by atoms with Crippen molar-refractivity contribution in [2.24, 2.45) is 4.99 Å². The Morgan fingerprint density at radius 1 is 1.18 bits per heavy atom. The van der Waals surface area contributed by atoms with Crippen LogP contribution in [0.1, 0.15) is 18.9 Å². The van der Waals surface area contributed by atoms with Gasteiger partial charge in [-0.25, -0.2) is 0 Å². The first-order valence-electron chi connectivity index (χ1n) is 9.80. The average molecular weight is 383 g/mol. The molecule has 0 aliphatic carbocycles. The predicted octanol–water partition coefficient (Wildman–Crippen LogP) is 3.04. The number of methoxy groups -OCH3 is 1. The van der Waals surface area contributed by atoms with Crippen molar-refractivity contribution in [1.82, 2.24) is 10.6 Å². The molecule has 6 nitrogen and oxygen atoms in total. The van der Waals surface area contributed by atoms with Crippen molar-refractivity contribution < 1.29 is 9.47 Å². The van der Waals surface area contributed by atoms with Gasteiger partial charge in [-0.15, -0.1) is 0 Å². The molecule has 2 N–H and O–H groups in total. The number of hydrogen-bond donors (Lipinski definition) is 2. The van der Waals surface area contributed by atoms with Gasteiger partial charge in [-0.1, -0.05) is 24.3 Å². The molecule has 0 radical (unpaired) electrons. The minimum atomic E-state index is 0.376. The van der Waals surface area contributed by atoms with E-state index in [9.17, 15) is 0 Å². The van der Waals surface area contributed by atoms with Crippen LogP contribution in [-0.2, 0) is 6.54 Å². The van der Waals surface area contributed by atoms with Crippen LogP contribution in [0.2, 0.25) is 0 Å². The van der Waals surface area contributed by atoms with Gasteiger partial charge in [0, 0.05) is 38.4 Å². The van der Waals surface area contributed by atoms with Crippen molar-refractivity contribution in [1.29, 1.82) is 0 Å². The maximum atomic E-state index is 5.58. The van der Waals surface area contributed by atoms with E-state index < -0.39 is 0 Å². The Kier molecular flexibility index (Phi) is 7.00. The van der Waals surface area contributed by atoms with E-state index in [2.05, 4.69) is 50.9 Å². The third kappa shape index (κ3) is 5.09. The van der Waals surface area contributed by atoms with Crippen LogP contribution in [0.3, 0.4) is 0 Å². The lowest BCUT2D eigenvalue weighted by Gasteiger charge is -2.20. The molecule has 0 amide bonds. The molecule has 1 saturated heterocycles. The highest BCUT2D eigenvalue weighted by atomic mass is 16.5. The molecular formula is C22H30N4O2. The third-order valence-electron chi connectivity index (χ3n) is 4.86. The molecule has 0 saturated carbocycles. The number of benzene rings is 2. The van der Waals surface area contributed by atoms with Crippen molar-refractivity contribution in [3.63, 3.8) is 0 Å². The molecule has 2 aromatic carbocycles. The summed E-state index contributed by atoms with van der Waals surface area (Å²) in [5, 5.41) is 6.93. The topological polar surface area (TPSA) is 58.1 Å². The van der Waals surface area contributed by atoms with E-state index in [0.717, 1.165) is 42.5 Å². The van der Waals surface area contributed by atoms with Crippen LogP contribution in [0.4, 0.5) is 5.69 Å². The Morgan fingerprint density at radius 3 is 2.71 bits per heavy atom. The van der Waals surface area contributed by atoms with E-state index in [1.807, 2.05) is 25.1 Å². The quantitative estimate of drug-likeness (QED) is 0.569. The monoisotopic (exact) mass is 382 g/mol. The summed E-state index contributed by atoms with van der Waals surface area (Å²) in [6, 6.07) is 16.9. The number of aliphatic imine (C=N–C) groups is 1. The molecule has 1 heterocycles. The number of hydrogen-bond acceptors (Lipinski definition) is 4. The summed E-state index contributed by atoms with van der Waals surface area (Å²) in [5.41, 5.74) is 2.39. The lowest BCUT2D eigenvalue weighted by Crippen LogP contribution is -2.44. The van der Waals surface area contributed by atoms with Crippen molar-refractivity contribution >= 4 is 11.6 Å². The van der Waals surface area contributed by atoms with Crippen LogP contribution in [0, 0.1) is 0 Å². The van der Waals surface area contributed by atoms with E-state index in [0.29, 0.717) is 19.2 Å². The highest BCUT2D eigenvalue weighted by Crippen LogP contribution is 2.28. The molecule has 150 valence electrons. The summed E-state index contributed by atoms with van der Waals surface area (Å²) < 4.78 is 11.0. The minimum Gasteiger partial charge on any atom is -0.493 e. The van der Waals surface area contributed by atoms with E-state index in [1.54, 1.807) is 14.2 Å². The molecule has 28 heavy (non-hydrogen) atoms. The van der Waals surface area contributed by atoms with Gasteiger partial charge in [0.05, 0.1) is 13.7 Å². The molecular weight excluding hydrogens is 352 g/mol. The lowest BCUT2D eigenvalue weighted by atomic mass is 10.2. The Bertz CT molecular complexity index is 779. The molecule has 1 aliphatic heterocycles. The fourth-order valence-electron chi connectivity index (χ4n) is 3.42. The number of rotatable bonds is 7. The molecule has 0 bridgehead atoms. The zero-order valence-electron chi connectivity index (χ0n) is 16.9. The van der Waals surface area contributed by atoms with Gasteiger partial charge in [-0.2, -0.15) is 0 Å². The van der Waals surface area contributed by atoms with Gasteiger partial charge in [0.25, 0.3) is 0 Å². The average Bonchev–Trinajstić information content (AvgIpc) is 3.21. The molecule has 0 aromatic heterocycles. The fraction of sp³-hybridized carbons (Fsp3) is 0.409. The smallest absolute Gasteiger partial charge is 0.191 e. The van der Waals surface area contributed by atoms with E-state index in [1.165, 1.54) is 5.69 Å². The van der Waals surface area contributed by atoms with Crippen molar-refractivity contribution in [3.05, 3.63) is 54.1 Å². The molecule has 0 spiro atoms. The second kappa shape index (κ2) is 9.88. The normalized spacial score (nSPS) is 16.8. The molecule has 1 unspecified atom stereocenters. The maximum Gasteiger partial charge on any atom is 0.191 e. The molecule has 2 aromatic rings. The summed E-state index contributed by atoms with van der Waals surface area (Å²) in [6.07, 6.45) is 1.09. The number of nitrogens with one attached hydrogen (secondary N) is 2. The van der Waals surface area contributed by atoms with Crippen LogP contribution in [0.15, 0.2) is 53.5 Å². The first-order valence-corrected chi connectivity index (χ1v) is 9.80. The summed E-state index contributed by atoms with van der Waals surface area (Å²) in [5.74, 6) is 2.33. The summed E-state index contributed by atoms with van der Waals surface area (Å²) in [6.45, 7) is 5.27. The van der Waals surface area contributed by atoms with Crippen LogP contribution in [-0.4, -0.2) is 45.9 Å². The van der Waals surface area contributed by atoms with E-state index in [4.69, 9.17) is 9.47 Å². The van der Waals surface area contributed by atoms with Gasteiger partial charge in [0.2, 0.25) is 0 Å². The zero-order valence-corrected chi connectivity index (χ0v) is 16.9. The van der Waals surface area contributed by atoms with Gasteiger partial charge in [0.15, 0.2) is 17.5 Å². The van der Waals surface area contributed by atoms with Crippen LogP contribution in [0.5, 0.6) is 11.5 Å². The fourth-order valence-corrected chi connectivity index (χ4v) is 3.42. The van der Waals surface area contributed by atoms with E-state index >= 15 is 0 Å². The summed E-state index contributed by atoms with van der Waals surface area (Å²) in [4.78, 5) is 6.78. The third-order valence-corrected chi connectivity index (χ3v) is 4.86. The highest BCUT2D eigenvalue weighted by Gasteiger charge is 2.23. The summed E-state index contributed by atoms with van der Waals surface area (Å²) in [7, 11) is 3.46. The zero-order chi connectivity index (χ0) is 19.8. The maximum absolute atomic E-state index is 5.58. The standard InChI is InChI=1S/C22H30N4O2/c1-4-28-20-11-10-17(14-21(20)27-3)15-24-22(23-2)25-18-12-13-26(16-18)19-8-6-5-7-9-19/h5-11,14,18H,4,12-13,15-16H2,1-3H3,(H2,23,24,25). The lowest BCUT2D eigenvalue weighted by molar-refractivity contribution is 0.310. The van der Waals surface area contributed by atoms with E-state index in [-0.39, 0.29) is 0 Å². The SMILES string of the molecule is CCOc1ccc(CNC(=NC)NC2CCN(c3ccccc3)C2)cc1OC. The molecule has 3 rings (SSSR count). The number of nitrogens with zero attached hydrogens (tertiary/aromatic N) is 2. The van der Waals surface area contributed by atoms with Gasteiger partial charge in [0.1, 0.15) is 0 Å². The van der Waals surface area contributed by atoms with Gasteiger partial charge in [-0.05, 0) is 43.2 Å². The Labute approximate surface area is 167 Å². The second-order valence-corrected chi connectivity index (χ2v) is 6.76. The first kappa shape index (κ1) is 19.9. The Hall–Kier alpha value is -2.89. The minimum absolute atomic E-state index is 0.376. The molecule has 6 heteroatoms. The number of para-hydroxylation sites is 1. The predicted molar refractivity (Wildman–Crippen MR) is 115 cm³/mol. The Morgan fingerprint density at radius 2 is 2.00 bits per heavy atom. The molecule has 1 aliphatic rings. The van der Waals surface area contributed by atoms with Gasteiger partial charge in [-0.3, -0.25) is 4.99 Å². The molecule has 1 fully saturated rings.